The molecule has 2 aliphatic heterocycles. The normalized spacial score (nSPS) is 25.7. The van der Waals surface area contributed by atoms with Crippen LogP contribution >= 0.6 is 0 Å². The molecule has 0 N–H and O–H groups in total. The highest BCUT2D eigenvalue weighted by molar-refractivity contribution is 7.11. The molecule has 166 valence electrons. The Morgan fingerprint density at radius 3 is 0.900 bits per heavy atom. The van der Waals surface area contributed by atoms with Gasteiger partial charge in [0.2, 0.25) is 0 Å². The second-order valence-corrected chi connectivity index (χ2v) is 5.97. The molecule has 2 saturated heterocycles. The van der Waals surface area contributed by atoms with E-state index in [0.29, 0.717) is 0 Å². The third-order valence-corrected chi connectivity index (χ3v) is 3.97. The largest absolute Gasteiger partial charge is 0.489 e. The van der Waals surface area contributed by atoms with Crippen molar-refractivity contribution in [2.75, 3.05) is 26.4 Å². The third kappa shape index (κ3) is 5.50. The Hall–Kier alpha value is -2.15. The SMILES string of the molecule is CCOC(=O)[C@H]1OB(B2O[C@H](C(=O)OCC)[C@H](C(=O)OCC)O2)O[C@@H]1C(=O)OCC. The van der Waals surface area contributed by atoms with Crippen LogP contribution in [0.5, 0.6) is 0 Å². The van der Waals surface area contributed by atoms with Crippen LogP contribution in [0.1, 0.15) is 27.7 Å². The van der Waals surface area contributed by atoms with E-state index in [1.165, 1.54) is 0 Å². The quantitative estimate of drug-likeness (QED) is 0.248. The summed E-state index contributed by atoms with van der Waals surface area (Å²) in [5.74, 6) is -3.39. The fourth-order valence-corrected chi connectivity index (χ4v) is 2.80. The van der Waals surface area contributed by atoms with Crippen LogP contribution in [0.2, 0.25) is 0 Å². The van der Waals surface area contributed by atoms with Crippen LogP contribution < -0.4 is 0 Å². The number of hydrogen-bond donors (Lipinski definition) is 0. The van der Waals surface area contributed by atoms with E-state index >= 15 is 0 Å². The maximum absolute atomic E-state index is 12.2. The molecular weight excluding hydrogens is 406 g/mol. The minimum atomic E-state index is -1.44. The Labute approximate surface area is 174 Å². The summed E-state index contributed by atoms with van der Waals surface area (Å²) < 4.78 is 41.4. The highest BCUT2D eigenvalue weighted by atomic mass is 16.7. The molecule has 0 radical (unpaired) electrons. The standard InChI is InChI=1S/C16H24B2O12/c1-5-23-13(19)9-10(14(20)24-6-2)28-17(27-9)18-29-11(15(21)25-7-3)12(30-18)16(22)26-8-4/h9-12H,5-8H2,1-4H3/t9-,10-,11-,12+/m0/s1. The van der Waals surface area contributed by atoms with E-state index in [2.05, 4.69) is 0 Å². The van der Waals surface area contributed by atoms with E-state index in [0.717, 1.165) is 0 Å². The number of carbonyl (C=O) groups is 4. The lowest BCUT2D eigenvalue weighted by atomic mass is 9.49. The predicted molar refractivity (Wildman–Crippen MR) is 97.5 cm³/mol. The minimum absolute atomic E-state index is 0.0468. The molecule has 2 fully saturated rings. The lowest BCUT2D eigenvalue weighted by molar-refractivity contribution is -0.163. The van der Waals surface area contributed by atoms with E-state index in [-0.39, 0.29) is 26.4 Å². The summed E-state index contributed by atoms with van der Waals surface area (Å²) in [4.78, 5) is 48.7. The second-order valence-electron chi connectivity index (χ2n) is 5.97. The number of hydrogen-bond acceptors (Lipinski definition) is 12. The molecule has 0 aliphatic carbocycles. The van der Waals surface area contributed by atoms with Crippen LogP contribution in [0.15, 0.2) is 0 Å². The van der Waals surface area contributed by atoms with Gasteiger partial charge in [-0.2, -0.15) is 0 Å². The van der Waals surface area contributed by atoms with Crippen LogP contribution in [-0.4, -0.2) is 88.7 Å². The summed E-state index contributed by atoms with van der Waals surface area (Å²) in [6.07, 6.45) is -5.76. The van der Waals surface area contributed by atoms with Crippen molar-refractivity contribution in [1.82, 2.24) is 0 Å². The zero-order valence-electron chi connectivity index (χ0n) is 17.2. The van der Waals surface area contributed by atoms with Crippen molar-refractivity contribution in [3.8, 4) is 0 Å². The first-order valence-corrected chi connectivity index (χ1v) is 9.66. The molecule has 2 heterocycles. The summed E-state index contributed by atoms with van der Waals surface area (Å²) in [5.41, 5.74) is 0. The first-order valence-electron chi connectivity index (χ1n) is 9.66. The predicted octanol–water partition coefficient (Wildman–Crippen LogP) is -1.14. The average Bonchev–Trinajstić information content (AvgIpc) is 3.34. The Kier molecular flexibility index (Phi) is 9.08. The first kappa shape index (κ1) is 24.1. The monoisotopic (exact) mass is 430 g/mol. The van der Waals surface area contributed by atoms with Gasteiger partial charge in [-0.1, -0.05) is 0 Å². The fraction of sp³-hybridized carbons (Fsp3) is 0.750. The van der Waals surface area contributed by atoms with Gasteiger partial charge in [-0.3, -0.25) is 0 Å². The van der Waals surface area contributed by atoms with E-state index < -0.39 is 62.3 Å². The van der Waals surface area contributed by atoms with Crippen LogP contribution in [0.25, 0.3) is 0 Å². The summed E-state index contributed by atoms with van der Waals surface area (Å²) in [6.45, 7) is 6.53. The zero-order valence-corrected chi connectivity index (χ0v) is 17.2. The number of rotatable bonds is 9. The van der Waals surface area contributed by atoms with Gasteiger partial charge in [0, 0.05) is 0 Å². The lowest BCUT2D eigenvalue weighted by Gasteiger charge is -2.15. The summed E-state index contributed by atoms with van der Waals surface area (Å²) in [6, 6.07) is 0. The van der Waals surface area contributed by atoms with Gasteiger partial charge in [0.1, 0.15) is 0 Å². The van der Waals surface area contributed by atoms with Crippen LogP contribution in [0.3, 0.4) is 0 Å². The van der Waals surface area contributed by atoms with Gasteiger partial charge in [0.05, 0.1) is 26.4 Å². The van der Waals surface area contributed by atoms with Crippen molar-refractivity contribution >= 4 is 37.9 Å². The summed E-state index contributed by atoms with van der Waals surface area (Å²) in [5, 5.41) is 0. The molecule has 0 aromatic rings. The highest BCUT2D eigenvalue weighted by Gasteiger charge is 2.61. The van der Waals surface area contributed by atoms with Crippen molar-refractivity contribution in [2.24, 2.45) is 0 Å². The Morgan fingerprint density at radius 1 is 0.533 bits per heavy atom. The van der Waals surface area contributed by atoms with E-state index in [1.807, 2.05) is 0 Å². The lowest BCUT2D eigenvalue weighted by Crippen LogP contribution is -2.41. The maximum atomic E-state index is 12.2. The molecule has 2 rings (SSSR count). The average molecular weight is 430 g/mol. The Bertz CT molecular complexity index is 538. The Balaban J connectivity index is 2.18. The molecule has 0 spiro atoms. The van der Waals surface area contributed by atoms with Crippen molar-refractivity contribution in [3.63, 3.8) is 0 Å². The molecular formula is C16H24B2O12. The van der Waals surface area contributed by atoms with Gasteiger partial charge in [-0.05, 0) is 27.7 Å². The van der Waals surface area contributed by atoms with Gasteiger partial charge >= 0.3 is 37.9 Å². The summed E-state index contributed by atoms with van der Waals surface area (Å²) in [7, 11) is -2.85. The van der Waals surface area contributed by atoms with E-state index in [4.69, 9.17) is 37.6 Å². The molecule has 0 amide bonds. The Morgan fingerprint density at radius 2 is 0.733 bits per heavy atom. The van der Waals surface area contributed by atoms with Gasteiger partial charge in [-0.25, -0.2) is 19.2 Å². The zero-order chi connectivity index (χ0) is 22.3. The van der Waals surface area contributed by atoms with Gasteiger partial charge in [-0.15, -0.1) is 0 Å². The van der Waals surface area contributed by atoms with Gasteiger partial charge in [0.15, 0.2) is 24.4 Å². The molecule has 4 atom stereocenters. The van der Waals surface area contributed by atoms with E-state index in [9.17, 15) is 19.2 Å². The smallest absolute Gasteiger partial charge is 0.464 e. The van der Waals surface area contributed by atoms with Gasteiger partial charge in [0.25, 0.3) is 0 Å². The molecule has 0 aromatic carbocycles. The molecule has 0 bridgehead atoms. The fourth-order valence-electron chi connectivity index (χ4n) is 2.80. The molecule has 12 nitrogen and oxygen atoms in total. The molecule has 30 heavy (non-hydrogen) atoms. The molecule has 0 saturated carbocycles. The molecule has 14 heteroatoms. The first-order chi connectivity index (χ1) is 14.4. The van der Waals surface area contributed by atoms with Crippen LogP contribution in [-0.2, 0) is 56.7 Å². The van der Waals surface area contributed by atoms with Crippen molar-refractivity contribution < 1.29 is 56.7 Å². The maximum Gasteiger partial charge on any atom is 0.489 e. The van der Waals surface area contributed by atoms with Crippen molar-refractivity contribution in [1.29, 1.82) is 0 Å². The summed E-state index contributed by atoms with van der Waals surface area (Å²) >= 11 is 0. The number of esters is 4. The van der Waals surface area contributed by atoms with Gasteiger partial charge < -0.3 is 37.6 Å². The second kappa shape index (κ2) is 11.3. The number of ether oxygens (including phenoxy) is 4. The van der Waals surface area contributed by atoms with E-state index in [1.54, 1.807) is 27.7 Å². The highest BCUT2D eigenvalue weighted by Crippen LogP contribution is 2.27. The number of carbonyl (C=O) groups excluding carboxylic acids is 4. The van der Waals surface area contributed by atoms with Crippen molar-refractivity contribution in [2.45, 2.75) is 52.1 Å². The van der Waals surface area contributed by atoms with Crippen LogP contribution in [0.4, 0.5) is 0 Å². The van der Waals surface area contributed by atoms with Crippen LogP contribution in [0, 0.1) is 0 Å². The van der Waals surface area contributed by atoms with Crippen molar-refractivity contribution in [3.05, 3.63) is 0 Å². The minimum Gasteiger partial charge on any atom is -0.464 e. The molecule has 0 aromatic heterocycles. The molecule has 2 aliphatic rings. The topological polar surface area (TPSA) is 142 Å². The molecule has 0 unspecified atom stereocenters. The third-order valence-electron chi connectivity index (χ3n) is 3.97.